The molecular weight excluding hydrogens is 324 g/mol. The van der Waals surface area contributed by atoms with Gasteiger partial charge in [0.25, 0.3) is 0 Å². The third-order valence-corrected chi connectivity index (χ3v) is 5.94. The van der Waals surface area contributed by atoms with Crippen molar-refractivity contribution < 1.29 is 4.84 Å². The van der Waals surface area contributed by atoms with Gasteiger partial charge in [0, 0.05) is 29.6 Å². The van der Waals surface area contributed by atoms with Gasteiger partial charge in [-0.3, -0.25) is 10.3 Å². The van der Waals surface area contributed by atoms with Crippen molar-refractivity contribution >= 4 is 34.0 Å². The Balaban J connectivity index is 1.43. The van der Waals surface area contributed by atoms with Crippen LogP contribution >= 0.6 is 11.6 Å². The van der Waals surface area contributed by atoms with Gasteiger partial charge in [0.1, 0.15) is 11.4 Å². The fourth-order valence-corrected chi connectivity index (χ4v) is 4.57. The quantitative estimate of drug-likeness (QED) is 0.863. The van der Waals surface area contributed by atoms with Crippen molar-refractivity contribution in [3.63, 3.8) is 0 Å². The van der Waals surface area contributed by atoms with Crippen molar-refractivity contribution in [2.24, 2.45) is 10.9 Å². The van der Waals surface area contributed by atoms with Crippen LogP contribution in [-0.2, 0) is 4.84 Å². The number of aliphatic imine (C=N–C) groups is 1. The van der Waals surface area contributed by atoms with Crippen LogP contribution in [0.2, 0.25) is 5.02 Å². The lowest BCUT2D eigenvalue weighted by molar-refractivity contribution is -0.150. The summed E-state index contributed by atoms with van der Waals surface area (Å²) in [5.74, 6) is 2.19. The molecule has 6 rings (SSSR count). The van der Waals surface area contributed by atoms with Gasteiger partial charge in [0.2, 0.25) is 0 Å². The molecule has 2 aromatic rings. The maximum Gasteiger partial charge on any atom is 0.154 e. The van der Waals surface area contributed by atoms with Gasteiger partial charge in [0.05, 0.1) is 0 Å². The molecule has 4 aliphatic heterocycles. The van der Waals surface area contributed by atoms with E-state index in [4.69, 9.17) is 16.4 Å². The van der Waals surface area contributed by atoms with E-state index in [0.29, 0.717) is 16.8 Å². The predicted molar refractivity (Wildman–Crippen MR) is 94.6 cm³/mol. The van der Waals surface area contributed by atoms with Crippen LogP contribution in [-0.4, -0.2) is 41.0 Å². The maximum absolute atomic E-state index is 6.20. The number of fused-ring (bicyclic) bond motifs is 3. The molecule has 4 aliphatic rings. The van der Waals surface area contributed by atoms with Crippen LogP contribution < -0.4 is 5.48 Å². The van der Waals surface area contributed by atoms with Gasteiger partial charge < -0.3 is 4.90 Å². The molecule has 6 heteroatoms. The second kappa shape index (κ2) is 5.41. The van der Waals surface area contributed by atoms with E-state index in [0.717, 1.165) is 29.6 Å². The Morgan fingerprint density at radius 1 is 1.33 bits per heavy atom. The minimum Gasteiger partial charge on any atom is -0.300 e. The number of halogens is 1. The highest BCUT2D eigenvalue weighted by Crippen LogP contribution is 2.42. The zero-order chi connectivity index (χ0) is 16.1. The predicted octanol–water partition coefficient (Wildman–Crippen LogP) is 3.31. The van der Waals surface area contributed by atoms with Crippen LogP contribution in [0, 0.1) is 5.92 Å². The van der Waals surface area contributed by atoms with Crippen LogP contribution in [0.1, 0.15) is 19.3 Å². The minimum absolute atomic E-state index is 0.102. The van der Waals surface area contributed by atoms with Crippen LogP contribution in [0.25, 0.3) is 10.8 Å². The molecule has 5 heterocycles. The minimum atomic E-state index is -0.102. The average molecular weight is 343 g/mol. The zero-order valence-corrected chi connectivity index (χ0v) is 14.1. The van der Waals surface area contributed by atoms with E-state index in [1.54, 1.807) is 6.20 Å². The summed E-state index contributed by atoms with van der Waals surface area (Å²) in [7, 11) is 0. The molecule has 0 aliphatic carbocycles. The number of pyridine rings is 1. The molecule has 1 aromatic carbocycles. The number of nitrogens with zero attached hydrogens (tertiary/aromatic N) is 3. The number of nitrogens with one attached hydrogen (secondary N) is 1. The van der Waals surface area contributed by atoms with E-state index in [9.17, 15) is 0 Å². The maximum atomic E-state index is 6.20. The van der Waals surface area contributed by atoms with Gasteiger partial charge in [-0.15, -0.1) is 0 Å². The monoisotopic (exact) mass is 342 g/mol. The smallest absolute Gasteiger partial charge is 0.154 e. The van der Waals surface area contributed by atoms with Gasteiger partial charge in [-0.25, -0.2) is 9.98 Å². The third-order valence-electron chi connectivity index (χ3n) is 5.61. The summed E-state index contributed by atoms with van der Waals surface area (Å²) in [5, 5.41) is 2.72. The standard InChI is InChI=1S/C18H19ClN4O/c19-15-3-1-2-12-8-16(20-10-14(12)15)21-17-9-18(24-22-17)11-23-6-4-13(18)5-7-23/h1-3,8,10,13H,4-7,9,11H2,(H,20,21,22). The molecule has 0 amide bonds. The zero-order valence-electron chi connectivity index (χ0n) is 13.3. The molecule has 1 unspecified atom stereocenters. The Morgan fingerprint density at radius 3 is 3.00 bits per heavy atom. The van der Waals surface area contributed by atoms with Gasteiger partial charge in [0.15, 0.2) is 5.82 Å². The highest BCUT2D eigenvalue weighted by molar-refractivity contribution is 6.35. The Hall–Kier alpha value is -1.69. The Kier molecular flexibility index (Phi) is 3.30. The molecular formula is C18H19ClN4O. The molecule has 124 valence electrons. The number of rotatable bonds is 1. The first-order valence-corrected chi connectivity index (χ1v) is 8.88. The summed E-state index contributed by atoms with van der Waals surface area (Å²) in [6.07, 6.45) is 5.07. The van der Waals surface area contributed by atoms with Crippen molar-refractivity contribution in [2.45, 2.75) is 24.9 Å². The molecule has 2 bridgehead atoms. The fraction of sp³-hybridized carbons (Fsp3) is 0.444. The average Bonchev–Trinajstić information content (AvgIpc) is 2.98. The largest absolute Gasteiger partial charge is 0.300 e. The number of amidine groups is 1. The first-order chi connectivity index (χ1) is 11.7. The SMILES string of the molecule is Clc1cccc2cc(N=C3CC4(CN5CCC4CC5)ON3)ncc12. The molecule has 4 saturated heterocycles. The molecule has 1 atom stereocenters. The van der Waals surface area contributed by atoms with Gasteiger partial charge >= 0.3 is 0 Å². The summed E-state index contributed by atoms with van der Waals surface area (Å²) in [5.41, 5.74) is 2.97. The van der Waals surface area contributed by atoms with Crippen LogP contribution in [0.5, 0.6) is 0 Å². The van der Waals surface area contributed by atoms with Crippen molar-refractivity contribution in [3.05, 3.63) is 35.5 Å². The Labute approximate surface area is 145 Å². The first-order valence-electron chi connectivity index (χ1n) is 8.50. The molecule has 24 heavy (non-hydrogen) atoms. The second-order valence-corrected chi connectivity index (χ2v) is 7.47. The highest BCUT2D eigenvalue weighted by atomic mass is 35.5. The lowest BCUT2D eigenvalue weighted by atomic mass is 9.74. The summed E-state index contributed by atoms with van der Waals surface area (Å²) in [6, 6.07) is 7.82. The number of aromatic nitrogens is 1. The molecule has 1 N–H and O–H groups in total. The van der Waals surface area contributed by atoms with Gasteiger partial charge in [-0.05, 0) is 49.4 Å². The van der Waals surface area contributed by atoms with E-state index < -0.39 is 0 Å². The topological polar surface area (TPSA) is 49.8 Å². The summed E-state index contributed by atoms with van der Waals surface area (Å²) >= 11 is 6.20. The summed E-state index contributed by atoms with van der Waals surface area (Å²) in [6.45, 7) is 3.41. The van der Waals surface area contributed by atoms with E-state index in [1.165, 1.54) is 25.9 Å². The number of piperidine rings is 3. The van der Waals surface area contributed by atoms with Crippen molar-refractivity contribution in [3.8, 4) is 0 Å². The normalized spacial score (nSPS) is 33.5. The number of benzene rings is 1. The van der Waals surface area contributed by atoms with E-state index in [-0.39, 0.29) is 5.60 Å². The van der Waals surface area contributed by atoms with Crippen LogP contribution in [0.15, 0.2) is 35.5 Å². The number of hydroxylamine groups is 1. The Morgan fingerprint density at radius 2 is 2.21 bits per heavy atom. The van der Waals surface area contributed by atoms with Crippen LogP contribution in [0.3, 0.4) is 0 Å². The molecule has 0 saturated carbocycles. The molecule has 0 radical (unpaired) electrons. The third kappa shape index (κ3) is 2.31. The molecule has 1 aromatic heterocycles. The van der Waals surface area contributed by atoms with E-state index in [2.05, 4.69) is 20.4 Å². The Bertz CT molecular complexity index is 831. The first kappa shape index (κ1) is 14.6. The molecule has 4 fully saturated rings. The fourth-order valence-electron chi connectivity index (χ4n) is 4.34. The highest BCUT2D eigenvalue weighted by Gasteiger charge is 2.52. The molecule has 1 spiro atoms. The number of hydrogen-bond acceptors (Lipinski definition) is 4. The van der Waals surface area contributed by atoms with Gasteiger partial charge in [-0.2, -0.15) is 0 Å². The van der Waals surface area contributed by atoms with E-state index in [1.807, 2.05) is 24.3 Å². The lowest BCUT2D eigenvalue weighted by Gasteiger charge is -2.49. The van der Waals surface area contributed by atoms with Gasteiger partial charge in [-0.1, -0.05) is 23.7 Å². The summed E-state index contributed by atoms with van der Waals surface area (Å²) in [4.78, 5) is 17.6. The van der Waals surface area contributed by atoms with E-state index >= 15 is 0 Å². The lowest BCUT2D eigenvalue weighted by Crippen LogP contribution is -2.59. The summed E-state index contributed by atoms with van der Waals surface area (Å²) < 4.78 is 0. The van der Waals surface area contributed by atoms with Crippen molar-refractivity contribution in [1.82, 2.24) is 15.4 Å². The number of hydrogen-bond donors (Lipinski definition) is 1. The van der Waals surface area contributed by atoms with Crippen molar-refractivity contribution in [1.29, 1.82) is 0 Å². The van der Waals surface area contributed by atoms with Crippen molar-refractivity contribution in [2.75, 3.05) is 19.6 Å². The second-order valence-electron chi connectivity index (χ2n) is 7.06. The molecule has 5 nitrogen and oxygen atoms in total. The van der Waals surface area contributed by atoms with Crippen LogP contribution in [0.4, 0.5) is 5.82 Å².